The zero-order valence-corrected chi connectivity index (χ0v) is 23.0. The van der Waals surface area contributed by atoms with E-state index in [1.807, 2.05) is 32.0 Å². The highest BCUT2D eigenvalue weighted by molar-refractivity contribution is 5.83. The number of aryl methyl sites for hydroxylation is 1. The van der Waals surface area contributed by atoms with Gasteiger partial charge in [0.25, 0.3) is 0 Å². The Bertz CT molecular complexity index is 1130. The molecule has 3 aromatic carbocycles. The third kappa shape index (κ3) is 6.61. The summed E-state index contributed by atoms with van der Waals surface area (Å²) in [6.45, 7) is 13.2. The summed E-state index contributed by atoms with van der Waals surface area (Å²) in [7, 11) is 0. The first kappa shape index (κ1) is 26.9. The standard InChI is InChI=1S/C33H42N2O2/c1-5-33(32(36)37-26(2)3,30-13-7-6-8-14-30)19-10-20-34-21-23-35(24-22-34)31-17-15-28(16-18-31)29-12-9-11-27(4)25-29/h6-9,11-18,25-26H,5,10,19-24H2,1-4H3. The second kappa shape index (κ2) is 12.4. The van der Waals surface area contributed by atoms with Crippen molar-refractivity contribution in [3.63, 3.8) is 0 Å². The van der Waals surface area contributed by atoms with Crippen molar-refractivity contribution < 1.29 is 9.53 Å². The van der Waals surface area contributed by atoms with E-state index in [1.165, 1.54) is 22.4 Å². The zero-order valence-electron chi connectivity index (χ0n) is 23.0. The molecule has 0 aliphatic carbocycles. The Kier molecular flexibility index (Phi) is 9.04. The predicted octanol–water partition coefficient (Wildman–Crippen LogP) is 6.86. The van der Waals surface area contributed by atoms with Crippen molar-refractivity contribution in [2.24, 2.45) is 0 Å². The van der Waals surface area contributed by atoms with E-state index in [4.69, 9.17) is 4.74 Å². The lowest BCUT2D eigenvalue weighted by Gasteiger charge is -2.37. The maximum Gasteiger partial charge on any atom is 0.316 e. The predicted molar refractivity (Wildman–Crippen MR) is 154 cm³/mol. The first-order valence-electron chi connectivity index (χ1n) is 13.8. The molecule has 196 valence electrons. The summed E-state index contributed by atoms with van der Waals surface area (Å²) in [5, 5.41) is 0. The molecule has 4 rings (SSSR count). The van der Waals surface area contributed by atoms with E-state index in [9.17, 15) is 4.79 Å². The van der Waals surface area contributed by atoms with E-state index in [2.05, 4.69) is 84.3 Å². The topological polar surface area (TPSA) is 32.8 Å². The molecule has 0 radical (unpaired) electrons. The summed E-state index contributed by atoms with van der Waals surface area (Å²) in [4.78, 5) is 18.3. The van der Waals surface area contributed by atoms with Gasteiger partial charge in [0.2, 0.25) is 0 Å². The summed E-state index contributed by atoms with van der Waals surface area (Å²) in [6.07, 6.45) is 2.41. The average molecular weight is 499 g/mol. The monoisotopic (exact) mass is 498 g/mol. The second-order valence-corrected chi connectivity index (χ2v) is 10.6. The molecular weight excluding hydrogens is 456 g/mol. The van der Waals surface area contributed by atoms with Gasteiger partial charge in [0.1, 0.15) is 0 Å². The van der Waals surface area contributed by atoms with Gasteiger partial charge in [0.05, 0.1) is 11.5 Å². The Hall–Kier alpha value is -3.11. The lowest BCUT2D eigenvalue weighted by molar-refractivity contribution is -0.155. The first-order valence-corrected chi connectivity index (χ1v) is 13.8. The fourth-order valence-electron chi connectivity index (χ4n) is 5.50. The van der Waals surface area contributed by atoms with Crippen molar-refractivity contribution in [2.75, 3.05) is 37.6 Å². The molecule has 0 amide bonds. The molecule has 0 bridgehead atoms. The number of rotatable bonds is 10. The summed E-state index contributed by atoms with van der Waals surface area (Å²) < 4.78 is 5.75. The number of carbonyl (C=O) groups excluding carboxylic acids is 1. The summed E-state index contributed by atoms with van der Waals surface area (Å²) >= 11 is 0. The van der Waals surface area contributed by atoms with Gasteiger partial charge in [-0.05, 0) is 75.4 Å². The number of nitrogens with zero attached hydrogens (tertiary/aromatic N) is 2. The van der Waals surface area contributed by atoms with Crippen molar-refractivity contribution in [1.82, 2.24) is 4.90 Å². The molecule has 0 saturated carbocycles. The molecule has 1 saturated heterocycles. The minimum absolute atomic E-state index is 0.0878. The Morgan fingerprint density at radius 2 is 1.59 bits per heavy atom. The van der Waals surface area contributed by atoms with Crippen LogP contribution in [0, 0.1) is 6.92 Å². The van der Waals surface area contributed by atoms with Crippen LogP contribution in [0.5, 0.6) is 0 Å². The highest BCUT2D eigenvalue weighted by atomic mass is 16.5. The SMILES string of the molecule is CCC(CCCN1CCN(c2ccc(-c3cccc(C)c3)cc2)CC1)(C(=O)OC(C)C)c1ccccc1. The maximum atomic E-state index is 13.3. The van der Waals surface area contributed by atoms with Gasteiger partial charge >= 0.3 is 5.97 Å². The smallest absolute Gasteiger partial charge is 0.316 e. The van der Waals surface area contributed by atoms with Crippen LogP contribution in [0.25, 0.3) is 11.1 Å². The van der Waals surface area contributed by atoms with Crippen LogP contribution in [-0.2, 0) is 14.9 Å². The molecule has 1 unspecified atom stereocenters. The largest absolute Gasteiger partial charge is 0.462 e. The van der Waals surface area contributed by atoms with E-state index in [-0.39, 0.29) is 12.1 Å². The van der Waals surface area contributed by atoms with E-state index in [1.54, 1.807) is 0 Å². The van der Waals surface area contributed by atoms with Crippen LogP contribution in [0.15, 0.2) is 78.9 Å². The van der Waals surface area contributed by atoms with E-state index in [0.29, 0.717) is 0 Å². The molecule has 0 aromatic heterocycles. The maximum absolute atomic E-state index is 13.3. The van der Waals surface area contributed by atoms with E-state index in [0.717, 1.165) is 57.5 Å². The van der Waals surface area contributed by atoms with Crippen molar-refractivity contribution in [3.05, 3.63) is 90.0 Å². The van der Waals surface area contributed by atoms with Crippen LogP contribution >= 0.6 is 0 Å². The van der Waals surface area contributed by atoms with Crippen LogP contribution < -0.4 is 4.90 Å². The van der Waals surface area contributed by atoms with Gasteiger partial charge in [-0.25, -0.2) is 0 Å². The number of carbonyl (C=O) groups is 1. The fourth-order valence-corrected chi connectivity index (χ4v) is 5.50. The van der Waals surface area contributed by atoms with Gasteiger partial charge in [-0.1, -0.05) is 79.2 Å². The highest BCUT2D eigenvalue weighted by Gasteiger charge is 2.40. The summed E-state index contributed by atoms with van der Waals surface area (Å²) in [5.41, 5.74) is 5.61. The van der Waals surface area contributed by atoms with E-state index >= 15 is 0 Å². The lowest BCUT2D eigenvalue weighted by atomic mass is 9.74. The molecule has 1 heterocycles. The van der Waals surface area contributed by atoms with Crippen LogP contribution in [-0.4, -0.2) is 49.7 Å². The molecule has 3 aromatic rings. The van der Waals surface area contributed by atoms with Crippen LogP contribution in [0.4, 0.5) is 5.69 Å². The molecule has 37 heavy (non-hydrogen) atoms. The lowest BCUT2D eigenvalue weighted by Crippen LogP contribution is -2.47. The van der Waals surface area contributed by atoms with Gasteiger partial charge in [-0.2, -0.15) is 0 Å². The first-order chi connectivity index (χ1) is 17.9. The van der Waals surface area contributed by atoms with Crippen LogP contribution in [0.3, 0.4) is 0 Å². The van der Waals surface area contributed by atoms with Crippen molar-refractivity contribution >= 4 is 11.7 Å². The van der Waals surface area contributed by atoms with Gasteiger partial charge in [0, 0.05) is 31.9 Å². The molecule has 1 aliphatic rings. The molecule has 0 N–H and O–H groups in total. The number of ether oxygens (including phenoxy) is 1. The van der Waals surface area contributed by atoms with Gasteiger partial charge in [0.15, 0.2) is 0 Å². The second-order valence-electron chi connectivity index (χ2n) is 10.6. The molecule has 1 fully saturated rings. The normalized spacial score (nSPS) is 16.0. The number of piperazine rings is 1. The minimum Gasteiger partial charge on any atom is -0.462 e. The number of esters is 1. The number of hydrogen-bond acceptors (Lipinski definition) is 4. The molecule has 4 nitrogen and oxygen atoms in total. The Labute approximate surface area is 223 Å². The van der Waals surface area contributed by atoms with Crippen molar-refractivity contribution in [2.45, 2.75) is 58.5 Å². The van der Waals surface area contributed by atoms with Gasteiger partial charge < -0.3 is 9.64 Å². The van der Waals surface area contributed by atoms with Crippen molar-refractivity contribution in [1.29, 1.82) is 0 Å². The third-order valence-electron chi connectivity index (χ3n) is 7.70. The number of anilines is 1. The Morgan fingerprint density at radius 1 is 0.892 bits per heavy atom. The zero-order chi connectivity index (χ0) is 26.3. The number of benzene rings is 3. The third-order valence-corrected chi connectivity index (χ3v) is 7.70. The van der Waals surface area contributed by atoms with Crippen molar-refractivity contribution in [3.8, 4) is 11.1 Å². The molecule has 1 aliphatic heterocycles. The summed E-state index contributed by atoms with van der Waals surface area (Å²) in [6, 6.07) is 27.9. The summed E-state index contributed by atoms with van der Waals surface area (Å²) in [5.74, 6) is -0.0878. The number of hydrogen-bond donors (Lipinski definition) is 0. The molecule has 0 spiro atoms. The van der Waals surface area contributed by atoms with Gasteiger partial charge in [-0.15, -0.1) is 0 Å². The Balaban J connectivity index is 1.32. The van der Waals surface area contributed by atoms with Crippen LogP contribution in [0.2, 0.25) is 0 Å². The van der Waals surface area contributed by atoms with E-state index < -0.39 is 5.41 Å². The Morgan fingerprint density at radius 3 is 2.22 bits per heavy atom. The van der Waals surface area contributed by atoms with Gasteiger partial charge in [-0.3, -0.25) is 9.69 Å². The quantitative estimate of drug-likeness (QED) is 0.286. The highest BCUT2D eigenvalue weighted by Crippen LogP contribution is 2.35. The molecule has 1 atom stereocenters. The average Bonchev–Trinajstić information content (AvgIpc) is 2.92. The molecular formula is C33H42N2O2. The van der Waals surface area contributed by atoms with Crippen LogP contribution in [0.1, 0.15) is 51.2 Å². The molecule has 4 heteroatoms. The fraction of sp³-hybridized carbons (Fsp3) is 0.424. The minimum atomic E-state index is -0.577.